The zero-order valence-electron chi connectivity index (χ0n) is 10.5. The van der Waals surface area contributed by atoms with Crippen molar-refractivity contribution in [3.8, 4) is 0 Å². The Bertz CT molecular complexity index is 740. The average Bonchev–Trinajstić information content (AvgIpc) is 2.84. The molecule has 0 saturated carbocycles. The van der Waals surface area contributed by atoms with E-state index in [9.17, 15) is 14.4 Å². The van der Waals surface area contributed by atoms with E-state index in [4.69, 9.17) is 5.11 Å². The summed E-state index contributed by atoms with van der Waals surface area (Å²) in [6.45, 7) is 0.136. The Morgan fingerprint density at radius 3 is 2.76 bits per heavy atom. The highest BCUT2D eigenvalue weighted by atomic mass is 79.9. The highest BCUT2D eigenvalue weighted by molar-refractivity contribution is 9.10. The molecule has 21 heavy (non-hydrogen) atoms. The van der Waals surface area contributed by atoms with Gasteiger partial charge in [0.2, 0.25) is 0 Å². The molecule has 2 rings (SSSR count). The molecule has 9 heteroatoms. The molecule has 4 N–H and O–H groups in total. The number of aromatic nitrogens is 1. The van der Waals surface area contributed by atoms with Gasteiger partial charge in [-0.05, 0) is 28.1 Å². The van der Waals surface area contributed by atoms with Crippen molar-refractivity contribution in [3.63, 3.8) is 0 Å². The number of urea groups is 1. The van der Waals surface area contributed by atoms with Crippen LogP contribution in [0.3, 0.4) is 0 Å². The molecular formula is C12H10BrN3O4S. The van der Waals surface area contributed by atoms with Crippen LogP contribution in [0, 0.1) is 0 Å². The summed E-state index contributed by atoms with van der Waals surface area (Å²) in [7, 11) is 0. The second-order valence-corrected chi connectivity index (χ2v) is 5.65. The van der Waals surface area contributed by atoms with Crippen molar-refractivity contribution in [3.05, 3.63) is 49.0 Å². The molecule has 1 heterocycles. The topological polar surface area (TPSA) is 111 Å². The number of hydrogen-bond acceptors (Lipinski definition) is 4. The molecule has 110 valence electrons. The number of carboxylic acid groups (broad SMARTS) is 1. The average molecular weight is 372 g/mol. The zero-order valence-corrected chi connectivity index (χ0v) is 12.9. The van der Waals surface area contributed by atoms with Crippen LogP contribution in [-0.2, 0) is 6.54 Å². The molecule has 7 nitrogen and oxygen atoms in total. The summed E-state index contributed by atoms with van der Waals surface area (Å²) in [4.78, 5) is 36.2. The van der Waals surface area contributed by atoms with Gasteiger partial charge in [0.25, 0.3) is 0 Å². The van der Waals surface area contributed by atoms with E-state index in [0.717, 1.165) is 11.3 Å². The Hall–Kier alpha value is -2.13. The number of carboxylic acids is 1. The Morgan fingerprint density at radius 2 is 2.14 bits per heavy atom. The van der Waals surface area contributed by atoms with Crippen LogP contribution in [0.25, 0.3) is 0 Å². The molecule has 0 aliphatic heterocycles. The van der Waals surface area contributed by atoms with E-state index in [1.54, 1.807) is 17.5 Å². The molecular weight excluding hydrogens is 362 g/mol. The number of thiazole rings is 1. The Balaban J connectivity index is 2.06. The molecule has 0 bridgehead atoms. The number of hydrogen-bond donors (Lipinski definition) is 4. The smallest absolute Gasteiger partial charge is 0.337 e. The van der Waals surface area contributed by atoms with Gasteiger partial charge in [-0.25, -0.2) is 9.59 Å². The lowest BCUT2D eigenvalue weighted by atomic mass is 10.2. The summed E-state index contributed by atoms with van der Waals surface area (Å²) in [5.41, 5.74) is 0.718. The first-order valence-corrected chi connectivity index (χ1v) is 7.38. The number of rotatable bonds is 4. The first kappa shape index (κ1) is 15.3. The number of benzene rings is 1. The quantitative estimate of drug-likeness (QED) is 0.659. The number of anilines is 1. The van der Waals surface area contributed by atoms with Crippen molar-refractivity contribution in [2.45, 2.75) is 6.54 Å². The Morgan fingerprint density at radius 1 is 1.38 bits per heavy atom. The van der Waals surface area contributed by atoms with E-state index in [-0.39, 0.29) is 22.7 Å². The van der Waals surface area contributed by atoms with Crippen LogP contribution in [0.5, 0.6) is 0 Å². The lowest BCUT2D eigenvalue weighted by Crippen LogP contribution is -2.29. The van der Waals surface area contributed by atoms with Gasteiger partial charge in [-0.2, -0.15) is 0 Å². The van der Waals surface area contributed by atoms with Crippen LogP contribution in [0.1, 0.15) is 16.1 Å². The SMILES string of the molecule is O=C(NCc1csc(=O)[nH]1)Nc1c(Br)cccc1C(=O)O. The van der Waals surface area contributed by atoms with E-state index in [2.05, 4.69) is 31.5 Å². The summed E-state index contributed by atoms with van der Waals surface area (Å²) in [6, 6.07) is 4.00. The highest BCUT2D eigenvalue weighted by Gasteiger charge is 2.15. The maximum atomic E-state index is 11.8. The molecule has 0 spiro atoms. The minimum atomic E-state index is -1.14. The molecule has 2 amide bonds. The van der Waals surface area contributed by atoms with Crippen LogP contribution in [0.4, 0.5) is 10.5 Å². The highest BCUT2D eigenvalue weighted by Crippen LogP contribution is 2.26. The predicted molar refractivity (Wildman–Crippen MR) is 81.9 cm³/mol. The van der Waals surface area contributed by atoms with Crippen LogP contribution < -0.4 is 15.5 Å². The van der Waals surface area contributed by atoms with Crippen LogP contribution in [0.2, 0.25) is 0 Å². The van der Waals surface area contributed by atoms with E-state index in [0.29, 0.717) is 10.2 Å². The van der Waals surface area contributed by atoms with E-state index in [1.807, 2.05) is 0 Å². The van der Waals surface area contributed by atoms with Crippen molar-refractivity contribution >= 4 is 45.0 Å². The number of carbonyl (C=O) groups is 2. The van der Waals surface area contributed by atoms with Gasteiger partial charge in [0, 0.05) is 15.5 Å². The van der Waals surface area contributed by atoms with Crippen molar-refractivity contribution in [1.82, 2.24) is 10.3 Å². The number of carbonyl (C=O) groups excluding carboxylic acids is 1. The van der Waals surface area contributed by atoms with Gasteiger partial charge in [-0.3, -0.25) is 4.79 Å². The number of aromatic amines is 1. The zero-order chi connectivity index (χ0) is 15.4. The summed E-state index contributed by atoms with van der Waals surface area (Å²) in [5.74, 6) is -1.14. The van der Waals surface area contributed by atoms with Crippen molar-refractivity contribution in [1.29, 1.82) is 0 Å². The monoisotopic (exact) mass is 371 g/mol. The third-order valence-corrected chi connectivity index (χ3v) is 3.87. The van der Waals surface area contributed by atoms with E-state index >= 15 is 0 Å². The van der Waals surface area contributed by atoms with Crippen molar-refractivity contribution in [2.24, 2.45) is 0 Å². The number of nitrogens with one attached hydrogen (secondary N) is 3. The molecule has 1 aromatic carbocycles. The molecule has 0 atom stereocenters. The number of aromatic carboxylic acids is 1. The summed E-state index contributed by atoms with van der Waals surface area (Å²) in [5, 5.41) is 15.7. The first-order valence-electron chi connectivity index (χ1n) is 5.70. The van der Waals surface area contributed by atoms with Crippen LogP contribution in [0.15, 0.2) is 32.8 Å². The maximum absolute atomic E-state index is 11.8. The van der Waals surface area contributed by atoms with Crippen LogP contribution in [-0.4, -0.2) is 22.1 Å². The van der Waals surface area contributed by atoms with Crippen LogP contribution >= 0.6 is 27.3 Å². The number of H-pyrrole nitrogens is 1. The van der Waals surface area contributed by atoms with Gasteiger partial charge in [-0.15, -0.1) is 0 Å². The van der Waals surface area contributed by atoms with Gasteiger partial charge < -0.3 is 20.7 Å². The van der Waals surface area contributed by atoms with Crippen molar-refractivity contribution < 1.29 is 14.7 Å². The van der Waals surface area contributed by atoms with Gasteiger partial charge >= 0.3 is 16.9 Å². The fraction of sp³-hybridized carbons (Fsp3) is 0.0833. The number of halogens is 1. The minimum Gasteiger partial charge on any atom is -0.478 e. The standard InChI is InChI=1S/C12H10BrN3O4S/c13-8-3-1-2-7(10(17)18)9(8)16-11(19)14-4-6-5-21-12(20)15-6/h1-3,5H,4H2,(H,15,20)(H,17,18)(H2,14,16,19). The molecule has 0 unspecified atom stereocenters. The van der Waals surface area contributed by atoms with Gasteiger partial charge in [-0.1, -0.05) is 17.4 Å². The van der Waals surface area contributed by atoms with Gasteiger partial charge in [0.05, 0.1) is 17.8 Å². The lowest BCUT2D eigenvalue weighted by molar-refractivity contribution is 0.0698. The van der Waals surface area contributed by atoms with Gasteiger partial charge in [0.1, 0.15) is 0 Å². The molecule has 0 aliphatic rings. The third kappa shape index (κ3) is 3.92. The molecule has 0 fully saturated rings. The molecule has 0 radical (unpaired) electrons. The Labute approximate surface area is 131 Å². The first-order chi connectivity index (χ1) is 9.97. The summed E-state index contributed by atoms with van der Waals surface area (Å²) < 4.78 is 0.460. The fourth-order valence-corrected chi connectivity index (χ4v) is 2.61. The second kappa shape index (κ2) is 6.55. The van der Waals surface area contributed by atoms with Crippen molar-refractivity contribution in [2.75, 3.05) is 5.32 Å². The molecule has 2 aromatic rings. The maximum Gasteiger partial charge on any atom is 0.337 e. The molecule has 0 aliphatic carbocycles. The Kier molecular flexibility index (Phi) is 4.76. The normalized spacial score (nSPS) is 10.1. The fourth-order valence-electron chi connectivity index (χ4n) is 1.56. The molecule has 0 saturated heterocycles. The lowest BCUT2D eigenvalue weighted by Gasteiger charge is -2.11. The van der Waals surface area contributed by atoms with Gasteiger partial charge in [0.15, 0.2) is 0 Å². The third-order valence-electron chi connectivity index (χ3n) is 2.49. The summed E-state index contributed by atoms with van der Waals surface area (Å²) in [6.07, 6.45) is 0. The number of para-hydroxylation sites is 1. The van der Waals surface area contributed by atoms with E-state index < -0.39 is 12.0 Å². The largest absolute Gasteiger partial charge is 0.478 e. The number of amides is 2. The van der Waals surface area contributed by atoms with E-state index in [1.165, 1.54) is 6.07 Å². The minimum absolute atomic E-state index is 0.0246. The second-order valence-electron chi connectivity index (χ2n) is 3.95. The predicted octanol–water partition coefficient (Wildman–Crippen LogP) is 2.22. The summed E-state index contributed by atoms with van der Waals surface area (Å²) >= 11 is 4.19. The molecule has 1 aromatic heterocycles.